The summed E-state index contributed by atoms with van der Waals surface area (Å²) in [5.41, 5.74) is 1.66. The standard InChI is InChI=1S/C21H21ClN2O4/c1-14(2)23-21(27)24-19(25)13-28-20(26)18(12-15-6-4-3-5-7-15)16-8-10-17(22)11-9-16/h3-12,14H,13H2,1-2H3,(H2,23,24,25,27)/b18-12+. The third kappa shape index (κ3) is 6.89. The Balaban J connectivity index is 2.11. The van der Waals surface area contributed by atoms with Crippen molar-refractivity contribution < 1.29 is 19.1 Å². The van der Waals surface area contributed by atoms with E-state index in [4.69, 9.17) is 16.3 Å². The summed E-state index contributed by atoms with van der Waals surface area (Å²) in [5.74, 6) is -1.41. The van der Waals surface area contributed by atoms with Gasteiger partial charge in [-0.3, -0.25) is 10.1 Å². The largest absolute Gasteiger partial charge is 0.452 e. The van der Waals surface area contributed by atoms with E-state index in [2.05, 4.69) is 10.6 Å². The van der Waals surface area contributed by atoms with Crippen molar-refractivity contribution in [3.63, 3.8) is 0 Å². The van der Waals surface area contributed by atoms with Crippen molar-refractivity contribution in [3.8, 4) is 0 Å². The van der Waals surface area contributed by atoms with Crippen molar-refractivity contribution in [2.45, 2.75) is 19.9 Å². The lowest BCUT2D eigenvalue weighted by Crippen LogP contribution is -2.44. The van der Waals surface area contributed by atoms with E-state index >= 15 is 0 Å². The number of amides is 3. The first-order valence-corrected chi connectivity index (χ1v) is 9.03. The number of halogens is 1. The maximum Gasteiger partial charge on any atom is 0.339 e. The number of ether oxygens (including phenoxy) is 1. The molecule has 0 spiro atoms. The van der Waals surface area contributed by atoms with Crippen LogP contribution in [0, 0.1) is 0 Å². The second kappa shape index (κ2) is 10.3. The first-order valence-electron chi connectivity index (χ1n) is 8.65. The molecule has 0 fully saturated rings. The van der Waals surface area contributed by atoms with Gasteiger partial charge in [-0.15, -0.1) is 0 Å². The molecule has 0 bridgehead atoms. The lowest BCUT2D eigenvalue weighted by molar-refractivity contribution is -0.142. The molecule has 0 atom stereocenters. The highest BCUT2D eigenvalue weighted by atomic mass is 35.5. The number of rotatable bonds is 6. The predicted octanol–water partition coefficient (Wildman–Crippen LogP) is 3.66. The minimum Gasteiger partial charge on any atom is -0.452 e. The highest BCUT2D eigenvalue weighted by Gasteiger charge is 2.17. The molecule has 0 unspecified atom stereocenters. The molecule has 2 rings (SSSR count). The van der Waals surface area contributed by atoms with Crippen LogP contribution in [0.15, 0.2) is 54.6 Å². The zero-order valence-corrected chi connectivity index (χ0v) is 16.3. The third-order valence-electron chi connectivity index (χ3n) is 3.49. The molecule has 0 saturated heterocycles. The quantitative estimate of drug-likeness (QED) is 0.440. The van der Waals surface area contributed by atoms with Crippen LogP contribution >= 0.6 is 11.6 Å². The van der Waals surface area contributed by atoms with Gasteiger partial charge in [0.25, 0.3) is 5.91 Å². The van der Waals surface area contributed by atoms with Gasteiger partial charge in [-0.2, -0.15) is 0 Å². The summed E-state index contributed by atoms with van der Waals surface area (Å²) in [5, 5.41) is 5.15. The van der Waals surface area contributed by atoms with Gasteiger partial charge in [0, 0.05) is 11.1 Å². The molecular formula is C21H21ClN2O4. The lowest BCUT2D eigenvalue weighted by atomic mass is 10.0. The Bertz CT molecular complexity index is 862. The maximum absolute atomic E-state index is 12.6. The summed E-state index contributed by atoms with van der Waals surface area (Å²) in [6, 6.07) is 15.2. The number of hydrogen-bond donors (Lipinski definition) is 2. The molecule has 0 aliphatic heterocycles. The van der Waals surface area contributed by atoms with Crippen LogP contribution < -0.4 is 10.6 Å². The van der Waals surface area contributed by atoms with Crippen molar-refractivity contribution >= 4 is 41.2 Å². The number of urea groups is 1. The second-order valence-corrected chi connectivity index (χ2v) is 6.66. The smallest absolute Gasteiger partial charge is 0.339 e. The van der Waals surface area contributed by atoms with Gasteiger partial charge in [-0.1, -0.05) is 54.1 Å². The van der Waals surface area contributed by atoms with Gasteiger partial charge in [-0.25, -0.2) is 9.59 Å². The average molecular weight is 401 g/mol. The number of nitrogens with one attached hydrogen (secondary N) is 2. The van der Waals surface area contributed by atoms with Crippen molar-refractivity contribution in [3.05, 3.63) is 70.7 Å². The van der Waals surface area contributed by atoms with E-state index in [1.807, 2.05) is 30.3 Å². The van der Waals surface area contributed by atoms with Gasteiger partial charge in [0.05, 0.1) is 5.57 Å². The third-order valence-corrected chi connectivity index (χ3v) is 3.74. The molecule has 0 radical (unpaired) electrons. The Morgan fingerprint density at radius 3 is 2.29 bits per heavy atom. The fourth-order valence-electron chi connectivity index (χ4n) is 2.28. The molecule has 0 aromatic heterocycles. The number of imide groups is 1. The molecule has 2 aromatic carbocycles. The minimum atomic E-state index is -0.721. The van der Waals surface area contributed by atoms with Crippen LogP contribution in [-0.2, 0) is 14.3 Å². The normalized spacial score (nSPS) is 11.1. The Morgan fingerprint density at radius 1 is 1.04 bits per heavy atom. The zero-order chi connectivity index (χ0) is 20.5. The molecule has 7 heteroatoms. The van der Waals surface area contributed by atoms with Crippen molar-refractivity contribution in [2.75, 3.05) is 6.61 Å². The highest BCUT2D eigenvalue weighted by Crippen LogP contribution is 2.22. The van der Waals surface area contributed by atoms with E-state index in [1.165, 1.54) is 0 Å². The SMILES string of the molecule is CC(C)NC(=O)NC(=O)COC(=O)/C(=C/c1ccccc1)c1ccc(Cl)cc1. The summed E-state index contributed by atoms with van der Waals surface area (Å²) in [6.07, 6.45) is 1.66. The maximum atomic E-state index is 12.6. The van der Waals surface area contributed by atoms with E-state index in [-0.39, 0.29) is 11.6 Å². The Hall–Kier alpha value is -3.12. The summed E-state index contributed by atoms with van der Waals surface area (Å²) in [7, 11) is 0. The van der Waals surface area contributed by atoms with Gasteiger partial charge in [0.1, 0.15) is 0 Å². The summed E-state index contributed by atoms with van der Waals surface area (Å²) < 4.78 is 5.10. The van der Waals surface area contributed by atoms with Crippen LogP contribution in [0.25, 0.3) is 11.6 Å². The van der Waals surface area contributed by atoms with E-state index in [9.17, 15) is 14.4 Å². The van der Waals surface area contributed by atoms with Gasteiger partial charge in [0.2, 0.25) is 0 Å². The number of carbonyl (C=O) groups excluding carboxylic acids is 3. The first kappa shape index (κ1) is 21.2. The molecule has 28 heavy (non-hydrogen) atoms. The number of esters is 1. The fourth-order valence-corrected chi connectivity index (χ4v) is 2.40. The molecule has 6 nitrogen and oxygen atoms in total. The summed E-state index contributed by atoms with van der Waals surface area (Å²) >= 11 is 5.92. The van der Waals surface area contributed by atoms with Gasteiger partial charge in [0.15, 0.2) is 6.61 Å². The Kier molecular flexibility index (Phi) is 7.77. The van der Waals surface area contributed by atoms with E-state index in [0.29, 0.717) is 10.6 Å². The first-order chi connectivity index (χ1) is 13.3. The van der Waals surface area contributed by atoms with Crippen molar-refractivity contribution in [1.82, 2.24) is 10.6 Å². The molecule has 2 aromatic rings. The monoisotopic (exact) mass is 400 g/mol. The highest BCUT2D eigenvalue weighted by molar-refractivity contribution is 6.30. The van der Waals surface area contributed by atoms with Gasteiger partial charge >= 0.3 is 12.0 Å². The Labute approximate surface area is 168 Å². The second-order valence-electron chi connectivity index (χ2n) is 6.23. The van der Waals surface area contributed by atoms with Crippen molar-refractivity contribution in [2.24, 2.45) is 0 Å². The van der Waals surface area contributed by atoms with Crippen LogP contribution in [-0.4, -0.2) is 30.6 Å². The van der Waals surface area contributed by atoms with E-state index in [1.54, 1.807) is 44.2 Å². The molecular weight excluding hydrogens is 380 g/mol. The lowest BCUT2D eigenvalue weighted by Gasteiger charge is -2.11. The molecule has 146 valence electrons. The van der Waals surface area contributed by atoms with Crippen molar-refractivity contribution in [1.29, 1.82) is 0 Å². The molecule has 0 saturated carbocycles. The van der Waals surface area contributed by atoms with Crippen LogP contribution in [0.5, 0.6) is 0 Å². The predicted molar refractivity (Wildman–Crippen MR) is 109 cm³/mol. The molecule has 2 N–H and O–H groups in total. The molecule has 0 heterocycles. The number of benzene rings is 2. The fraction of sp³-hybridized carbons (Fsp3) is 0.190. The van der Waals surface area contributed by atoms with Gasteiger partial charge in [-0.05, 0) is 43.2 Å². The molecule has 0 aliphatic rings. The van der Waals surface area contributed by atoms with Crippen LogP contribution in [0.3, 0.4) is 0 Å². The van der Waals surface area contributed by atoms with E-state index < -0.39 is 24.5 Å². The average Bonchev–Trinajstić information content (AvgIpc) is 2.65. The number of carbonyl (C=O) groups is 3. The summed E-state index contributed by atoms with van der Waals surface area (Å²) in [6.45, 7) is 2.94. The van der Waals surface area contributed by atoms with Crippen LogP contribution in [0.1, 0.15) is 25.0 Å². The molecule has 0 aliphatic carbocycles. The Morgan fingerprint density at radius 2 is 1.68 bits per heavy atom. The number of hydrogen-bond acceptors (Lipinski definition) is 4. The van der Waals surface area contributed by atoms with Crippen LogP contribution in [0.2, 0.25) is 5.02 Å². The van der Waals surface area contributed by atoms with E-state index in [0.717, 1.165) is 5.56 Å². The van der Waals surface area contributed by atoms with Gasteiger partial charge < -0.3 is 10.1 Å². The minimum absolute atomic E-state index is 0.124. The zero-order valence-electron chi connectivity index (χ0n) is 15.6. The topological polar surface area (TPSA) is 84.5 Å². The summed E-state index contributed by atoms with van der Waals surface area (Å²) in [4.78, 5) is 35.9. The van der Waals surface area contributed by atoms with Crippen LogP contribution in [0.4, 0.5) is 4.79 Å². The molecule has 3 amide bonds.